The van der Waals surface area contributed by atoms with Gasteiger partial charge < -0.3 is 26.0 Å². The molecule has 0 atom stereocenters. The molecular weight excluding hydrogens is 486 g/mol. The molecule has 0 aliphatic rings. The van der Waals surface area contributed by atoms with Gasteiger partial charge in [-0.2, -0.15) is 0 Å². The third kappa shape index (κ3) is 9.23. The monoisotopic (exact) mass is 511 g/mol. The van der Waals surface area contributed by atoms with Crippen LogP contribution in [0.1, 0.15) is 44.4 Å². The van der Waals surface area contributed by atoms with E-state index >= 15 is 0 Å². The molecule has 3 aromatic rings. The van der Waals surface area contributed by atoms with Crippen molar-refractivity contribution in [2.45, 2.75) is 13.3 Å². The number of rotatable bonds is 4. The fourth-order valence-electron chi connectivity index (χ4n) is 2.24. The van der Waals surface area contributed by atoms with Gasteiger partial charge in [-0.3, -0.25) is 29.3 Å². The van der Waals surface area contributed by atoms with Crippen molar-refractivity contribution >= 4 is 17.6 Å². The number of carbonyl (C=O) groups is 3. The second-order valence-electron chi connectivity index (χ2n) is 6.11. The van der Waals surface area contributed by atoms with E-state index in [-0.39, 0.29) is 63.0 Å². The third-order valence-electron chi connectivity index (χ3n) is 3.97. The van der Waals surface area contributed by atoms with Crippen LogP contribution in [0.3, 0.4) is 0 Å². The van der Waals surface area contributed by atoms with Crippen molar-refractivity contribution in [3.8, 4) is 17.2 Å². The van der Waals surface area contributed by atoms with Gasteiger partial charge in [0.2, 0.25) is 0 Å². The molecule has 0 aliphatic carbocycles. The molecule has 3 rings (SSSR count). The van der Waals surface area contributed by atoms with Gasteiger partial charge in [0.05, 0.1) is 35.3 Å². The number of hydrogen-bond acceptors (Lipinski definition) is 9. The summed E-state index contributed by atoms with van der Waals surface area (Å²) < 4.78 is 0. The van der Waals surface area contributed by atoms with Gasteiger partial charge in [-0.05, 0) is 18.2 Å². The van der Waals surface area contributed by atoms with Crippen LogP contribution in [0.25, 0.3) is 0 Å². The minimum Gasteiger partial charge on any atom is -0.506 e. The fraction of sp³-hybridized carbons (Fsp3) is 0.182. The van der Waals surface area contributed by atoms with E-state index in [9.17, 15) is 14.4 Å². The Bertz CT molecular complexity index is 960. The molecule has 182 valence electrons. The van der Waals surface area contributed by atoms with Crippen molar-refractivity contribution in [1.29, 1.82) is 0 Å². The summed E-state index contributed by atoms with van der Waals surface area (Å²) in [6, 6.07) is 4.42. The Hall–Kier alpha value is -4.02. The van der Waals surface area contributed by atoms with Gasteiger partial charge in [-0.25, -0.2) is 0 Å². The maximum Gasteiger partial charge on any atom is 0.254 e. The SMILES string of the molecule is CCC(=O)c1ccncc1O.CNC(=O)c1ccncc1O.CNC(=O)c1ccncc1O.[Fe]. The van der Waals surface area contributed by atoms with Gasteiger partial charge in [0, 0.05) is 56.2 Å². The number of aromatic nitrogens is 3. The van der Waals surface area contributed by atoms with Gasteiger partial charge >= 0.3 is 0 Å². The van der Waals surface area contributed by atoms with Crippen LogP contribution in [0.5, 0.6) is 17.2 Å². The number of aromatic hydroxyl groups is 3. The first-order valence-electron chi connectivity index (χ1n) is 9.63. The quantitative estimate of drug-likeness (QED) is 0.258. The number of nitrogens with one attached hydrogen (secondary N) is 2. The average Bonchev–Trinajstić information content (AvgIpc) is 2.84. The van der Waals surface area contributed by atoms with E-state index in [0.717, 1.165) is 0 Å². The second kappa shape index (κ2) is 15.7. The molecule has 0 saturated carbocycles. The van der Waals surface area contributed by atoms with E-state index in [1.807, 2.05) is 0 Å². The van der Waals surface area contributed by atoms with Crippen molar-refractivity contribution in [3.05, 3.63) is 72.1 Å². The first kappa shape index (κ1) is 30.0. The van der Waals surface area contributed by atoms with Crippen LogP contribution in [-0.4, -0.2) is 62.0 Å². The van der Waals surface area contributed by atoms with Gasteiger partial charge in [0.25, 0.3) is 11.8 Å². The molecule has 0 radical (unpaired) electrons. The summed E-state index contributed by atoms with van der Waals surface area (Å²) >= 11 is 0. The maximum absolute atomic E-state index is 11.0. The Morgan fingerprint density at radius 1 is 0.706 bits per heavy atom. The maximum atomic E-state index is 11.0. The van der Waals surface area contributed by atoms with E-state index in [0.29, 0.717) is 12.0 Å². The van der Waals surface area contributed by atoms with Crippen LogP contribution in [0.4, 0.5) is 0 Å². The van der Waals surface area contributed by atoms with E-state index in [2.05, 4.69) is 25.6 Å². The van der Waals surface area contributed by atoms with Crippen molar-refractivity contribution < 1.29 is 46.8 Å². The number of nitrogens with zero attached hydrogens (tertiary/aromatic N) is 3. The van der Waals surface area contributed by atoms with Gasteiger partial charge in [0.1, 0.15) is 17.2 Å². The Balaban J connectivity index is 0.000000473. The number of Topliss-reactive ketones (excluding diaryl/α,β-unsaturated/α-hetero) is 1. The van der Waals surface area contributed by atoms with E-state index in [1.165, 1.54) is 69.5 Å². The Morgan fingerprint density at radius 2 is 1.03 bits per heavy atom. The third-order valence-corrected chi connectivity index (χ3v) is 3.97. The fourth-order valence-corrected chi connectivity index (χ4v) is 2.24. The summed E-state index contributed by atoms with van der Waals surface area (Å²) in [6.07, 6.45) is 8.51. The van der Waals surface area contributed by atoms with E-state index in [1.54, 1.807) is 6.92 Å². The van der Waals surface area contributed by atoms with Crippen molar-refractivity contribution in [2.75, 3.05) is 14.1 Å². The molecule has 0 unspecified atom stereocenters. The number of pyridine rings is 3. The first-order valence-corrected chi connectivity index (χ1v) is 9.63. The average molecular weight is 511 g/mol. The Morgan fingerprint density at radius 3 is 1.29 bits per heavy atom. The van der Waals surface area contributed by atoms with E-state index < -0.39 is 0 Å². The van der Waals surface area contributed by atoms with Gasteiger partial charge in [-0.1, -0.05) is 6.92 Å². The molecule has 0 spiro atoms. The van der Waals surface area contributed by atoms with Crippen molar-refractivity contribution in [3.63, 3.8) is 0 Å². The zero-order valence-electron chi connectivity index (χ0n) is 18.7. The van der Waals surface area contributed by atoms with E-state index in [4.69, 9.17) is 15.3 Å². The Kier molecular flexibility index (Phi) is 13.9. The zero-order chi connectivity index (χ0) is 24.8. The normalized spacial score (nSPS) is 9.03. The molecule has 0 saturated heterocycles. The summed E-state index contributed by atoms with van der Waals surface area (Å²) in [5.41, 5.74) is 0.826. The number of ketones is 1. The van der Waals surface area contributed by atoms with Crippen molar-refractivity contribution in [1.82, 2.24) is 25.6 Å². The first-order chi connectivity index (χ1) is 15.8. The standard InChI is InChI=1S/C8H9NO2.2C7H8N2O2.Fe/c1-2-7(10)6-3-4-9-5-8(6)11;2*1-8-7(11)5-2-3-9-4-6(5)10;/h3-5,11H,2H2,1H3;2*2-4,10H,1H3,(H,8,11);. The topological polar surface area (TPSA) is 175 Å². The number of hydrogen-bond donors (Lipinski definition) is 5. The van der Waals surface area contributed by atoms with Crippen LogP contribution in [0.2, 0.25) is 0 Å². The molecule has 0 aromatic carbocycles. The molecular formula is C22H25FeN5O6. The summed E-state index contributed by atoms with van der Waals surface area (Å²) in [5, 5.41) is 32.1. The molecule has 34 heavy (non-hydrogen) atoms. The molecule has 0 bridgehead atoms. The molecule has 0 aliphatic heterocycles. The predicted molar refractivity (Wildman–Crippen MR) is 119 cm³/mol. The summed E-state index contributed by atoms with van der Waals surface area (Å²) in [7, 11) is 3.00. The summed E-state index contributed by atoms with van der Waals surface area (Å²) in [6.45, 7) is 1.75. The van der Waals surface area contributed by atoms with Crippen LogP contribution in [0, 0.1) is 0 Å². The van der Waals surface area contributed by atoms with Crippen LogP contribution in [-0.2, 0) is 17.1 Å². The molecule has 3 aromatic heterocycles. The number of carbonyl (C=O) groups excluding carboxylic acids is 3. The molecule has 12 heteroatoms. The minimum atomic E-state index is -0.315. The predicted octanol–water partition coefficient (Wildman–Crippen LogP) is 1.67. The smallest absolute Gasteiger partial charge is 0.254 e. The summed E-state index contributed by atoms with van der Waals surface area (Å²) in [5.74, 6) is -0.947. The van der Waals surface area contributed by atoms with Gasteiger partial charge in [0.15, 0.2) is 5.78 Å². The van der Waals surface area contributed by atoms with Crippen LogP contribution >= 0.6 is 0 Å². The molecule has 2 amide bonds. The molecule has 0 fully saturated rings. The van der Waals surface area contributed by atoms with Crippen molar-refractivity contribution in [2.24, 2.45) is 0 Å². The number of amides is 2. The molecule has 11 nitrogen and oxygen atoms in total. The molecule has 3 heterocycles. The van der Waals surface area contributed by atoms with Gasteiger partial charge in [-0.15, -0.1) is 0 Å². The zero-order valence-corrected chi connectivity index (χ0v) is 19.8. The second-order valence-corrected chi connectivity index (χ2v) is 6.11. The minimum absolute atomic E-state index is 0. The summed E-state index contributed by atoms with van der Waals surface area (Å²) in [4.78, 5) is 43.8. The largest absolute Gasteiger partial charge is 0.506 e. The molecule has 5 N–H and O–H groups in total. The Labute approximate surface area is 206 Å². The van der Waals surface area contributed by atoms with Crippen LogP contribution < -0.4 is 10.6 Å². The van der Waals surface area contributed by atoms with Crippen LogP contribution in [0.15, 0.2) is 55.4 Å².